The molecule has 1 aromatic heterocycles. The van der Waals surface area contributed by atoms with Crippen LogP contribution in [0.25, 0.3) is 0 Å². The van der Waals surface area contributed by atoms with E-state index in [1.54, 1.807) is 11.4 Å². The maximum absolute atomic E-state index is 11.1. The van der Waals surface area contributed by atoms with Crippen LogP contribution in [0.15, 0.2) is 11.4 Å². The number of carboxylic acids is 1. The first-order valence-corrected chi connectivity index (χ1v) is 6.72. The van der Waals surface area contributed by atoms with Gasteiger partial charge in [-0.05, 0) is 30.8 Å². The van der Waals surface area contributed by atoms with Crippen LogP contribution in [-0.4, -0.2) is 29.3 Å². The molecule has 17 heavy (non-hydrogen) atoms. The lowest BCUT2D eigenvalue weighted by atomic mass is 9.78. The molecule has 0 spiro atoms. The fourth-order valence-electron chi connectivity index (χ4n) is 2.52. The molecule has 2 rings (SSSR count). The topological polar surface area (TPSA) is 69.6 Å². The van der Waals surface area contributed by atoms with Crippen LogP contribution in [0.4, 0.5) is 0 Å². The van der Waals surface area contributed by atoms with Crippen molar-refractivity contribution in [1.29, 1.82) is 0 Å². The Morgan fingerprint density at radius 1 is 1.71 bits per heavy atom. The molecule has 0 radical (unpaired) electrons. The Morgan fingerprint density at radius 2 is 2.47 bits per heavy atom. The molecule has 0 aromatic carbocycles. The van der Waals surface area contributed by atoms with Crippen molar-refractivity contribution >= 4 is 17.3 Å². The molecule has 3 N–H and O–H groups in total. The number of rotatable bonds is 3. The lowest BCUT2D eigenvalue weighted by Crippen LogP contribution is -2.48. The largest absolute Gasteiger partial charge is 0.478 e. The molecule has 0 saturated carbocycles. The van der Waals surface area contributed by atoms with Gasteiger partial charge in [-0.1, -0.05) is 6.92 Å². The second kappa shape index (κ2) is 4.76. The average molecular weight is 255 g/mol. The van der Waals surface area contributed by atoms with E-state index in [4.69, 9.17) is 5.11 Å². The lowest BCUT2D eigenvalue weighted by molar-refractivity contribution is -0.0454. The van der Waals surface area contributed by atoms with Crippen molar-refractivity contribution in [2.45, 2.75) is 25.4 Å². The van der Waals surface area contributed by atoms with E-state index < -0.39 is 11.6 Å². The fraction of sp³-hybridized carbons (Fsp3) is 0.583. The highest BCUT2D eigenvalue weighted by Gasteiger charge is 2.42. The first-order valence-electron chi connectivity index (χ1n) is 5.84. The Balaban J connectivity index is 2.41. The third-order valence-electron chi connectivity index (χ3n) is 3.53. The van der Waals surface area contributed by atoms with Crippen LogP contribution in [0, 0.1) is 5.92 Å². The monoisotopic (exact) mass is 255 g/mol. The number of aromatic carboxylic acids is 1. The second-order valence-corrected chi connectivity index (χ2v) is 5.37. The van der Waals surface area contributed by atoms with Gasteiger partial charge in [-0.25, -0.2) is 4.79 Å². The Hall–Kier alpha value is -0.910. The van der Waals surface area contributed by atoms with Gasteiger partial charge < -0.3 is 15.5 Å². The zero-order valence-corrected chi connectivity index (χ0v) is 10.6. The molecule has 5 heteroatoms. The van der Waals surface area contributed by atoms with E-state index >= 15 is 0 Å². The van der Waals surface area contributed by atoms with Crippen molar-refractivity contribution in [3.05, 3.63) is 21.9 Å². The SMILES string of the molecule is CCC1CNCCC1(O)c1sccc1C(=O)O. The maximum Gasteiger partial charge on any atom is 0.336 e. The summed E-state index contributed by atoms with van der Waals surface area (Å²) < 4.78 is 0. The number of carboxylic acid groups (broad SMARTS) is 1. The van der Waals surface area contributed by atoms with E-state index in [1.807, 2.05) is 6.92 Å². The van der Waals surface area contributed by atoms with Gasteiger partial charge in [0.2, 0.25) is 0 Å². The van der Waals surface area contributed by atoms with Crippen LogP contribution in [-0.2, 0) is 5.60 Å². The van der Waals surface area contributed by atoms with Crippen molar-refractivity contribution in [2.24, 2.45) is 5.92 Å². The fourth-order valence-corrected chi connectivity index (χ4v) is 3.62. The minimum atomic E-state index is -0.984. The Labute approximate surface area is 104 Å². The van der Waals surface area contributed by atoms with E-state index in [-0.39, 0.29) is 11.5 Å². The number of thiophene rings is 1. The molecule has 2 unspecified atom stereocenters. The number of nitrogens with one attached hydrogen (secondary N) is 1. The number of hydrogen-bond donors (Lipinski definition) is 3. The predicted molar refractivity (Wildman–Crippen MR) is 66.4 cm³/mol. The van der Waals surface area contributed by atoms with Gasteiger partial charge in [0, 0.05) is 12.5 Å². The average Bonchev–Trinajstić information content (AvgIpc) is 2.79. The van der Waals surface area contributed by atoms with Gasteiger partial charge in [0.25, 0.3) is 0 Å². The van der Waals surface area contributed by atoms with Gasteiger partial charge in [0.15, 0.2) is 0 Å². The number of aliphatic hydroxyl groups is 1. The van der Waals surface area contributed by atoms with Crippen molar-refractivity contribution in [2.75, 3.05) is 13.1 Å². The van der Waals surface area contributed by atoms with Crippen LogP contribution in [0.3, 0.4) is 0 Å². The molecular formula is C12H17NO3S. The van der Waals surface area contributed by atoms with Crippen LogP contribution in [0.2, 0.25) is 0 Å². The third-order valence-corrected chi connectivity index (χ3v) is 4.61. The summed E-state index contributed by atoms with van der Waals surface area (Å²) in [5.74, 6) is -0.879. The molecule has 1 fully saturated rings. The van der Waals surface area contributed by atoms with Crippen molar-refractivity contribution in [1.82, 2.24) is 5.32 Å². The van der Waals surface area contributed by atoms with Gasteiger partial charge in [0.05, 0.1) is 10.4 Å². The summed E-state index contributed by atoms with van der Waals surface area (Å²) in [6.45, 7) is 3.49. The van der Waals surface area contributed by atoms with Crippen LogP contribution < -0.4 is 5.32 Å². The summed E-state index contributed by atoms with van der Waals surface area (Å²) >= 11 is 1.34. The van der Waals surface area contributed by atoms with Gasteiger partial charge in [-0.2, -0.15) is 0 Å². The van der Waals surface area contributed by atoms with Crippen molar-refractivity contribution < 1.29 is 15.0 Å². The standard InChI is InChI=1S/C12H17NO3S/c1-2-8-7-13-5-4-12(8,16)10-9(11(14)15)3-6-17-10/h3,6,8,13,16H,2,4-5,7H2,1H3,(H,14,15). The molecule has 0 aliphatic carbocycles. The highest BCUT2D eigenvalue weighted by Crippen LogP contribution is 2.41. The normalized spacial score (nSPS) is 29.2. The summed E-state index contributed by atoms with van der Waals surface area (Å²) in [4.78, 5) is 11.8. The second-order valence-electron chi connectivity index (χ2n) is 4.45. The zero-order chi connectivity index (χ0) is 12.5. The van der Waals surface area contributed by atoms with E-state index in [1.165, 1.54) is 11.3 Å². The maximum atomic E-state index is 11.1. The smallest absolute Gasteiger partial charge is 0.336 e. The third kappa shape index (κ3) is 2.10. The Bertz CT molecular complexity index is 418. The number of piperidine rings is 1. The van der Waals surface area contributed by atoms with Crippen LogP contribution >= 0.6 is 11.3 Å². The minimum absolute atomic E-state index is 0.0769. The summed E-state index contributed by atoms with van der Waals surface area (Å²) in [7, 11) is 0. The van der Waals surface area contributed by atoms with Gasteiger partial charge >= 0.3 is 5.97 Å². The molecule has 2 atom stereocenters. The zero-order valence-electron chi connectivity index (χ0n) is 9.77. The van der Waals surface area contributed by atoms with E-state index in [0.29, 0.717) is 11.3 Å². The summed E-state index contributed by atoms with van der Waals surface area (Å²) in [5.41, 5.74) is -0.736. The molecule has 0 amide bonds. The molecule has 4 nitrogen and oxygen atoms in total. The van der Waals surface area contributed by atoms with E-state index in [2.05, 4.69) is 5.32 Å². The van der Waals surface area contributed by atoms with E-state index in [9.17, 15) is 9.90 Å². The van der Waals surface area contributed by atoms with Crippen molar-refractivity contribution in [3.8, 4) is 0 Å². The first-order chi connectivity index (χ1) is 8.09. The van der Waals surface area contributed by atoms with Gasteiger partial charge in [-0.15, -0.1) is 11.3 Å². The van der Waals surface area contributed by atoms with Crippen LogP contribution in [0.1, 0.15) is 35.0 Å². The summed E-state index contributed by atoms with van der Waals surface area (Å²) in [6.07, 6.45) is 1.41. The molecule has 1 saturated heterocycles. The summed E-state index contributed by atoms with van der Waals surface area (Å²) in [5, 5.41) is 25.0. The van der Waals surface area contributed by atoms with Gasteiger partial charge in [-0.3, -0.25) is 0 Å². The highest BCUT2D eigenvalue weighted by atomic mass is 32.1. The molecule has 1 aliphatic rings. The summed E-state index contributed by atoms with van der Waals surface area (Å²) in [6, 6.07) is 1.58. The molecule has 2 heterocycles. The predicted octanol–water partition coefficient (Wildman–Crippen LogP) is 1.65. The minimum Gasteiger partial charge on any atom is -0.478 e. The van der Waals surface area contributed by atoms with E-state index in [0.717, 1.165) is 19.5 Å². The molecule has 1 aliphatic heterocycles. The molecular weight excluding hydrogens is 238 g/mol. The molecule has 1 aromatic rings. The van der Waals surface area contributed by atoms with Gasteiger partial charge in [0.1, 0.15) is 5.60 Å². The Kier molecular flexibility index (Phi) is 3.51. The lowest BCUT2D eigenvalue weighted by Gasteiger charge is -2.39. The molecule has 0 bridgehead atoms. The number of hydrogen-bond acceptors (Lipinski definition) is 4. The first kappa shape index (κ1) is 12.5. The quantitative estimate of drug-likeness (QED) is 0.768. The van der Waals surface area contributed by atoms with Crippen LogP contribution in [0.5, 0.6) is 0 Å². The number of carbonyl (C=O) groups is 1. The van der Waals surface area contributed by atoms with Crippen molar-refractivity contribution in [3.63, 3.8) is 0 Å². The highest BCUT2D eigenvalue weighted by molar-refractivity contribution is 7.10. The molecule has 94 valence electrons. The Morgan fingerprint density at radius 3 is 3.12 bits per heavy atom.